The van der Waals surface area contributed by atoms with Gasteiger partial charge in [-0.05, 0) is 52.6 Å². The van der Waals surface area contributed by atoms with Crippen molar-refractivity contribution < 1.29 is 4.42 Å². The fraction of sp³-hybridized carbons (Fsp3) is 0.647. The summed E-state index contributed by atoms with van der Waals surface area (Å²) in [6.07, 6.45) is 2.30. The van der Waals surface area contributed by atoms with E-state index in [9.17, 15) is 0 Å². The number of guanidine groups is 1. The van der Waals surface area contributed by atoms with Crippen LogP contribution in [0.4, 0.5) is 0 Å². The molecule has 1 saturated heterocycles. The van der Waals surface area contributed by atoms with Gasteiger partial charge < -0.3 is 15.5 Å². The highest BCUT2D eigenvalue weighted by Crippen LogP contribution is 2.19. The molecule has 0 atom stereocenters. The Morgan fingerprint density at radius 3 is 2.62 bits per heavy atom. The Labute approximate surface area is 162 Å². The summed E-state index contributed by atoms with van der Waals surface area (Å²) < 4.78 is 5.66. The molecule has 0 amide bonds. The third kappa shape index (κ3) is 6.80. The highest BCUT2D eigenvalue weighted by molar-refractivity contribution is 14.0. The molecule has 0 unspecified atom stereocenters. The number of nitrogens with one attached hydrogen (secondary N) is 1. The monoisotopic (exact) mass is 447 g/mol. The second-order valence-electron chi connectivity index (χ2n) is 6.51. The molecule has 0 aliphatic carbocycles. The summed E-state index contributed by atoms with van der Waals surface area (Å²) in [6.45, 7) is 14.1. The lowest BCUT2D eigenvalue weighted by molar-refractivity contribution is 0.164. The van der Waals surface area contributed by atoms with E-state index in [4.69, 9.17) is 10.2 Å². The summed E-state index contributed by atoms with van der Waals surface area (Å²) in [5.74, 6) is 2.90. The Morgan fingerprint density at radius 2 is 2.08 bits per heavy atom. The molecule has 0 bridgehead atoms. The van der Waals surface area contributed by atoms with Gasteiger partial charge in [0, 0.05) is 6.54 Å². The maximum absolute atomic E-state index is 5.85. The molecule has 136 valence electrons. The lowest BCUT2D eigenvalue weighted by atomic mass is 9.97. The molecule has 1 aliphatic rings. The smallest absolute Gasteiger partial charge is 0.208 e. The third-order valence-electron chi connectivity index (χ3n) is 4.23. The zero-order chi connectivity index (χ0) is 16.8. The SMILES string of the molecule is C=C(C)CN=C(N)NCC1CCN(Cc2nc(C)c(C)o2)CC1.I. The number of aryl methyl sites for hydroxylation is 2. The molecule has 0 radical (unpaired) electrons. The van der Waals surface area contributed by atoms with Gasteiger partial charge in [0.25, 0.3) is 0 Å². The van der Waals surface area contributed by atoms with E-state index in [0.29, 0.717) is 18.4 Å². The molecule has 2 rings (SSSR count). The van der Waals surface area contributed by atoms with Crippen molar-refractivity contribution >= 4 is 29.9 Å². The van der Waals surface area contributed by atoms with Crippen molar-refractivity contribution in [3.8, 4) is 0 Å². The van der Waals surface area contributed by atoms with E-state index in [1.54, 1.807) is 0 Å². The van der Waals surface area contributed by atoms with Crippen LogP contribution >= 0.6 is 24.0 Å². The van der Waals surface area contributed by atoms with Crippen LogP contribution in [0.25, 0.3) is 0 Å². The van der Waals surface area contributed by atoms with E-state index in [0.717, 1.165) is 61.9 Å². The van der Waals surface area contributed by atoms with Crippen LogP contribution in [0.1, 0.15) is 37.1 Å². The Kier molecular flexibility index (Phi) is 8.75. The molecule has 24 heavy (non-hydrogen) atoms. The van der Waals surface area contributed by atoms with Crippen LogP contribution in [0.15, 0.2) is 21.6 Å². The van der Waals surface area contributed by atoms with E-state index in [2.05, 4.69) is 26.8 Å². The van der Waals surface area contributed by atoms with Crippen LogP contribution in [0.2, 0.25) is 0 Å². The van der Waals surface area contributed by atoms with Crippen LogP contribution < -0.4 is 11.1 Å². The molecule has 7 heteroatoms. The molecular formula is C17H30IN5O. The molecular weight excluding hydrogens is 417 g/mol. The number of nitrogens with zero attached hydrogens (tertiary/aromatic N) is 3. The fourth-order valence-corrected chi connectivity index (χ4v) is 2.67. The lowest BCUT2D eigenvalue weighted by Gasteiger charge is -2.31. The first-order chi connectivity index (χ1) is 10.9. The van der Waals surface area contributed by atoms with E-state index in [-0.39, 0.29) is 24.0 Å². The fourth-order valence-electron chi connectivity index (χ4n) is 2.67. The maximum atomic E-state index is 5.85. The number of likely N-dealkylation sites (tertiary alicyclic amines) is 1. The summed E-state index contributed by atoms with van der Waals surface area (Å²) in [6, 6.07) is 0. The number of piperidine rings is 1. The molecule has 2 heterocycles. The predicted molar refractivity (Wildman–Crippen MR) is 109 cm³/mol. The van der Waals surface area contributed by atoms with Gasteiger partial charge in [-0.25, -0.2) is 9.98 Å². The van der Waals surface area contributed by atoms with Gasteiger partial charge in [-0.1, -0.05) is 12.2 Å². The van der Waals surface area contributed by atoms with Gasteiger partial charge in [0.15, 0.2) is 5.96 Å². The summed E-state index contributed by atoms with van der Waals surface area (Å²) in [5, 5.41) is 3.22. The zero-order valence-electron chi connectivity index (χ0n) is 15.0. The highest BCUT2D eigenvalue weighted by Gasteiger charge is 2.20. The zero-order valence-corrected chi connectivity index (χ0v) is 17.3. The van der Waals surface area contributed by atoms with Crippen molar-refractivity contribution in [1.29, 1.82) is 0 Å². The van der Waals surface area contributed by atoms with E-state index in [1.165, 1.54) is 0 Å². The average Bonchev–Trinajstić information content (AvgIpc) is 2.82. The number of hydrogen-bond donors (Lipinski definition) is 2. The van der Waals surface area contributed by atoms with Crippen molar-refractivity contribution in [2.45, 2.75) is 40.2 Å². The van der Waals surface area contributed by atoms with Crippen LogP contribution in [0.3, 0.4) is 0 Å². The predicted octanol–water partition coefficient (Wildman–Crippen LogP) is 2.60. The quantitative estimate of drug-likeness (QED) is 0.303. The van der Waals surface area contributed by atoms with Gasteiger partial charge >= 0.3 is 0 Å². The van der Waals surface area contributed by atoms with Crippen molar-refractivity contribution in [2.24, 2.45) is 16.6 Å². The molecule has 1 aromatic heterocycles. The first-order valence-electron chi connectivity index (χ1n) is 8.27. The molecule has 1 aromatic rings. The minimum Gasteiger partial charge on any atom is -0.444 e. The average molecular weight is 447 g/mol. The maximum Gasteiger partial charge on any atom is 0.208 e. The number of aromatic nitrogens is 1. The van der Waals surface area contributed by atoms with E-state index >= 15 is 0 Å². The van der Waals surface area contributed by atoms with E-state index < -0.39 is 0 Å². The number of aliphatic imine (C=N–C) groups is 1. The summed E-state index contributed by atoms with van der Waals surface area (Å²) >= 11 is 0. The number of oxazole rings is 1. The molecule has 1 aliphatic heterocycles. The van der Waals surface area contributed by atoms with Crippen LogP contribution in [0, 0.1) is 19.8 Å². The topological polar surface area (TPSA) is 79.7 Å². The molecule has 1 fully saturated rings. The third-order valence-corrected chi connectivity index (χ3v) is 4.23. The van der Waals surface area contributed by atoms with Gasteiger partial charge in [-0.15, -0.1) is 24.0 Å². The highest BCUT2D eigenvalue weighted by atomic mass is 127. The number of hydrogen-bond acceptors (Lipinski definition) is 4. The molecule has 6 nitrogen and oxygen atoms in total. The number of nitrogens with two attached hydrogens (primary N) is 1. The van der Waals surface area contributed by atoms with Gasteiger partial charge in [0.2, 0.25) is 5.89 Å². The number of halogens is 1. The minimum absolute atomic E-state index is 0. The van der Waals surface area contributed by atoms with Crippen LogP contribution in [-0.4, -0.2) is 42.0 Å². The van der Waals surface area contributed by atoms with Gasteiger partial charge in [-0.2, -0.15) is 0 Å². The normalized spacial score (nSPS) is 16.7. The lowest BCUT2D eigenvalue weighted by Crippen LogP contribution is -2.40. The Bertz CT molecular complexity index is 542. The van der Waals surface area contributed by atoms with Crippen molar-refractivity contribution in [1.82, 2.24) is 15.2 Å². The van der Waals surface area contributed by atoms with Crippen LogP contribution in [0.5, 0.6) is 0 Å². The van der Waals surface area contributed by atoms with Gasteiger partial charge in [-0.3, -0.25) is 4.90 Å². The van der Waals surface area contributed by atoms with E-state index in [1.807, 2.05) is 20.8 Å². The summed E-state index contributed by atoms with van der Waals surface area (Å²) in [5.41, 5.74) is 7.86. The second-order valence-corrected chi connectivity index (χ2v) is 6.51. The molecule has 0 saturated carbocycles. The number of rotatable bonds is 6. The summed E-state index contributed by atoms with van der Waals surface area (Å²) in [7, 11) is 0. The van der Waals surface area contributed by atoms with Crippen LogP contribution in [-0.2, 0) is 6.54 Å². The Hall–Kier alpha value is -1.09. The van der Waals surface area contributed by atoms with Crippen molar-refractivity contribution in [2.75, 3.05) is 26.2 Å². The standard InChI is InChI=1S/C17H29N5O.HI/c1-12(2)9-19-17(18)20-10-15-5-7-22(8-6-15)11-16-21-13(3)14(4)23-16;/h15H,1,5-11H2,2-4H3,(H3,18,19,20);1H. The minimum atomic E-state index is 0. The van der Waals surface area contributed by atoms with Gasteiger partial charge in [0.05, 0.1) is 18.8 Å². The summed E-state index contributed by atoms with van der Waals surface area (Å²) in [4.78, 5) is 11.1. The van der Waals surface area contributed by atoms with Crippen molar-refractivity contribution in [3.05, 3.63) is 29.5 Å². The first kappa shape index (κ1) is 21.0. The Morgan fingerprint density at radius 1 is 1.42 bits per heavy atom. The molecule has 0 aromatic carbocycles. The largest absolute Gasteiger partial charge is 0.444 e. The first-order valence-corrected chi connectivity index (χ1v) is 8.27. The van der Waals surface area contributed by atoms with Gasteiger partial charge in [0.1, 0.15) is 5.76 Å². The molecule has 0 spiro atoms. The van der Waals surface area contributed by atoms with Crippen molar-refractivity contribution in [3.63, 3.8) is 0 Å². The second kappa shape index (κ2) is 10.0. The molecule has 3 N–H and O–H groups in total. The Balaban J connectivity index is 0.00000288.